The molecular weight excluding hydrogens is 224 g/mol. The van der Waals surface area contributed by atoms with E-state index in [1.54, 1.807) is 0 Å². The van der Waals surface area contributed by atoms with E-state index in [0.29, 0.717) is 24.3 Å². The van der Waals surface area contributed by atoms with Crippen molar-refractivity contribution in [2.45, 2.75) is 64.8 Å². The highest BCUT2D eigenvalue weighted by Gasteiger charge is 2.24. The molecule has 0 aliphatic heterocycles. The number of nitrogens with zero attached hydrogens (tertiary/aromatic N) is 1. The van der Waals surface area contributed by atoms with Crippen LogP contribution in [0.5, 0.6) is 0 Å². The second-order valence-corrected chi connectivity index (χ2v) is 6.14. The summed E-state index contributed by atoms with van der Waals surface area (Å²) in [6.45, 7) is 5.22. The van der Waals surface area contributed by atoms with Gasteiger partial charge >= 0.3 is 0 Å². The maximum atomic E-state index is 12.1. The number of carbonyl (C=O) groups excluding carboxylic acids is 1. The molecule has 1 atom stereocenters. The van der Waals surface area contributed by atoms with Crippen LogP contribution >= 0.6 is 0 Å². The Bertz CT molecular complexity index is 247. The van der Waals surface area contributed by atoms with Gasteiger partial charge in [0.1, 0.15) is 0 Å². The highest BCUT2D eigenvalue weighted by Crippen LogP contribution is 2.27. The van der Waals surface area contributed by atoms with Crippen molar-refractivity contribution in [1.29, 1.82) is 0 Å². The lowest BCUT2D eigenvalue weighted by molar-refractivity contribution is -0.133. The fourth-order valence-electron chi connectivity index (χ4n) is 2.81. The number of rotatable bonds is 6. The van der Waals surface area contributed by atoms with Crippen molar-refractivity contribution >= 4 is 5.91 Å². The summed E-state index contributed by atoms with van der Waals surface area (Å²) >= 11 is 0. The van der Waals surface area contributed by atoms with Gasteiger partial charge in [0.25, 0.3) is 0 Å². The van der Waals surface area contributed by atoms with Crippen LogP contribution in [0.3, 0.4) is 0 Å². The fraction of sp³-hybridized carbons (Fsp3) is 0.933. The Balaban J connectivity index is 2.28. The zero-order valence-corrected chi connectivity index (χ0v) is 12.3. The van der Waals surface area contributed by atoms with E-state index in [4.69, 9.17) is 5.73 Å². The van der Waals surface area contributed by atoms with Gasteiger partial charge in [0.2, 0.25) is 5.91 Å². The van der Waals surface area contributed by atoms with E-state index in [-0.39, 0.29) is 0 Å². The molecule has 0 radical (unpaired) electrons. The summed E-state index contributed by atoms with van der Waals surface area (Å²) in [5, 5.41) is 0. The predicted octanol–water partition coefficient (Wildman–Crippen LogP) is 2.79. The Kier molecular flexibility index (Phi) is 6.69. The summed E-state index contributed by atoms with van der Waals surface area (Å²) in [4.78, 5) is 14.1. The highest BCUT2D eigenvalue weighted by atomic mass is 16.2. The second kappa shape index (κ2) is 7.78. The van der Waals surface area contributed by atoms with Crippen LogP contribution in [0.15, 0.2) is 0 Å². The topological polar surface area (TPSA) is 46.3 Å². The largest absolute Gasteiger partial charge is 0.343 e. The normalized spacial score (nSPS) is 25.8. The number of carbonyl (C=O) groups is 1. The van der Waals surface area contributed by atoms with E-state index in [1.807, 2.05) is 11.9 Å². The first-order valence-electron chi connectivity index (χ1n) is 7.50. The van der Waals surface area contributed by atoms with E-state index in [2.05, 4.69) is 13.8 Å². The SMILES string of the molecule is CC(CCN)CCC(=O)N(C)C1CCC(C)CC1. The van der Waals surface area contributed by atoms with Crippen LogP contribution < -0.4 is 5.73 Å². The zero-order chi connectivity index (χ0) is 13.5. The van der Waals surface area contributed by atoms with Crippen LogP contribution in [0.4, 0.5) is 0 Å². The third-order valence-electron chi connectivity index (χ3n) is 4.44. The minimum Gasteiger partial charge on any atom is -0.343 e. The summed E-state index contributed by atoms with van der Waals surface area (Å²) in [6.07, 6.45) is 7.59. The zero-order valence-electron chi connectivity index (χ0n) is 12.3. The maximum Gasteiger partial charge on any atom is 0.222 e. The van der Waals surface area contributed by atoms with Crippen LogP contribution in [0.1, 0.15) is 58.8 Å². The van der Waals surface area contributed by atoms with Crippen LogP contribution in [-0.4, -0.2) is 30.4 Å². The molecule has 0 saturated heterocycles. The van der Waals surface area contributed by atoms with E-state index < -0.39 is 0 Å². The number of hydrogen-bond donors (Lipinski definition) is 1. The standard InChI is InChI=1S/C15H30N2O/c1-12-4-7-14(8-5-12)17(3)15(18)9-6-13(2)10-11-16/h12-14H,4-11,16H2,1-3H3. The van der Waals surface area contributed by atoms with E-state index >= 15 is 0 Å². The van der Waals surface area contributed by atoms with Gasteiger partial charge in [-0.1, -0.05) is 13.8 Å². The molecule has 2 N–H and O–H groups in total. The summed E-state index contributed by atoms with van der Waals surface area (Å²) in [5.41, 5.74) is 5.53. The predicted molar refractivity (Wildman–Crippen MR) is 76.3 cm³/mol. The van der Waals surface area contributed by atoms with Crippen LogP contribution in [-0.2, 0) is 4.79 Å². The van der Waals surface area contributed by atoms with Gasteiger partial charge in [-0.25, -0.2) is 0 Å². The number of amides is 1. The molecule has 1 fully saturated rings. The Morgan fingerprint density at radius 3 is 2.44 bits per heavy atom. The first-order valence-corrected chi connectivity index (χ1v) is 7.50. The summed E-state index contributed by atoms with van der Waals surface area (Å²) < 4.78 is 0. The van der Waals surface area contributed by atoms with E-state index in [9.17, 15) is 4.79 Å². The molecule has 0 heterocycles. The average Bonchev–Trinajstić information content (AvgIpc) is 2.36. The van der Waals surface area contributed by atoms with Gasteiger partial charge in [0, 0.05) is 19.5 Å². The Labute approximate surface area is 112 Å². The molecule has 1 aliphatic carbocycles. The van der Waals surface area contributed by atoms with Crippen molar-refractivity contribution in [3.8, 4) is 0 Å². The lowest BCUT2D eigenvalue weighted by Gasteiger charge is -2.33. The number of nitrogens with two attached hydrogens (primary N) is 1. The third-order valence-corrected chi connectivity index (χ3v) is 4.44. The van der Waals surface area contributed by atoms with Crippen LogP contribution in [0.25, 0.3) is 0 Å². The fourth-order valence-corrected chi connectivity index (χ4v) is 2.81. The molecule has 1 rings (SSSR count). The Hall–Kier alpha value is -0.570. The van der Waals surface area contributed by atoms with Crippen molar-refractivity contribution < 1.29 is 4.79 Å². The molecule has 18 heavy (non-hydrogen) atoms. The Morgan fingerprint density at radius 2 is 1.89 bits per heavy atom. The van der Waals surface area contributed by atoms with Gasteiger partial charge in [-0.15, -0.1) is 0 Å². The molecule has 0 aromatic carbocycles. The first kappa shape index (κ1) is 15.5. The summed E-state index contributed by atoms with van der Waals surface area (Å²) in [5.74, 6) is 1.73. The molecule has 0 bridgehead atoms. The minimum atomic E-state index is 0.318. The van der Waals surface area contributed by atoms with Crippen molar-refractivity contribution in [2.75, 3.05) is 13.6 Å². The molecule has 0 aromatic heterocycles. The van der Waals surface area contributed by atoms with Gasteiger partial charge in [-0.3, -0.25) is 4.79 Å². The van der Waals surface area contributed by atoms with E-state index in [1.165, 1.54) is 25.7 Å². The van der Waals surface area contributed by atoms with Gasteiger partial charge in [-0.05, 0) is 56.9 Å². The van der Waals surface area contributed by atoms with Gasteiger partial charge in [0.05, 0.1) is 0 Å². The van der Waals surface area contributed by atoms with E-state index in [0.717, 1.165) is 25.3 Å². The lowest BCUT2D eigenvalue weighted by atomic mass is 9.86. The van der Waals surface area contributed by atoms with Crippen molar-refractivity contribution in [2.24, 2.45) is 17.6 Å². The summed E-state index contributed by atoms with van der Waals surface area (Å²) in [7, 11) is 1.98. The van der Waals surface area contributed by atoms with Crippen molar-refractivity contribution in [1.82, 2.24) is 4.90 Å². The molecule has 1 unspecified atom stereocenters. The molecule has 3 heteroatoms. The first-order chi connectivity index (χ1) is 8.54. The quantitative estimate of drug-likeness (QED) is 0.792. The van der Waals surface area contributed by atoms with Crippen molar-refractivity contribution in [3.05, 3.63) is 0 Å². The van der Waals surface area contributed by atoms with Gasteiger partial charge < -0.3 is 10.6 Å². The average molecular weight is 254 g/mol. The Morgan fingerprint density at radius 1 is 1.28 bits per heavy atom. The van der Waals surface area contributed by atoms with Crippen LogP contribution in [0, 0.1) is 11.8 Å². The monoisotopic (exact) mass is 254 g/mol. The molecule has 1 saturated carbocycles. The molecular formula is C15H30N2O. The lowest BCUT2D eigenvalue weighted by Crippen LogP contribution is -2.39. The molecule has 106 valence electrons. The maximum absolute atomic E-state index is 12.1. The smallest absolute Gasteiger partial charge is 0.222 e. The molecule has 0 spiro atoms. The molecule has 0 aromatic rings. The third kappa shape index (κ3) is 4.97. The van der Waals surface area contributed by atoms with Crippen LogP contribution in [0.2, 0.25) is 0 Å². The summed E-state index contributed by atoms with van der Waals surface area (Å²) in [6, 6.07) is 0.485. The molecule has 1 amide bonds. The van der Waals surface area contributed by atoms with Crippen molar-refractivity contribution in [3.63, 3.8) is 0 Å². The minimum absolute atomic E-state index is 0.318. The molecule has 1 aliphatic rings. The molecule has 3 nitrogen and oxygen atoms in total. The van der Waals surface area contributed by atoms with Gasteiger partial charge in [-0.2, -0.15) is 0 Å². The second-order valence-electron chi connectivity index (χ2n) is 6.14. The number of hydrogen-bond acceptors (Lipinski definition) is 2. The highest BCUT2D eigenvalue weighted by molar-refractivity contribution is 5.76. The van der Waals surface area contributed by atoms with Gasteiger partial charge in [0.15, 0.2) is 0 Å².